The summed E-state index contributed by atoms with van der Waals surface area (Å²) in [5.74, 6) is -0.446. The zero-order valence-electron chi connectivity index (χ0n) is 26.6. The largest absolute Gasteiger partial charge is 0.484 e. The second-order valence-corrected chi connectivity index (χ2v) is 16.2. The third kappa shape index (κ3) is 4.21. The highest BCUT2D eigenvalue weighted by molar-refractivity contribution is 7.80. The van der Waals surface area contributed by atoms with E-state index in [4.69, 9.17) is 26.4 Å². The van der Waals surface area contributed by atoms with Gasteiger partial charge in [0.1, 0.15) is 18.1 Å². The second-order valence-electron chi connectivity index (χ2n) is 15.6. The molecule has 5 rings (SSSR count). The molecule has 1 heterocycles. The van der Waals surface area contributed by atoms with Crippen molar-refractivity contribution in [3.8, 4) is 0 Å². The van der Waals surface area contributed by atoms with E-state index in [1.54, 1.807) is 0 Å². The SMILES string of the molecule is CC(=O)OC[C@@]12CC[C@]3(C)[C@H](CC[C@@H]4[C@@]5(C)CC[C@H](OC(C)=S)C(C)(C)[C@@H]5CC[C@]43C)C1=C(C(C)C)C(=O)OC2=O. The Balaban J connectivity index is 1.59. The summed E-state index contributed by atoms with van der Waals surface area (Å²) in [4.78, 5) is 38.9. The maximum Gasteiger partial charge on any atom is 0.341 e. The quantitative estimate of drug-likeness (QED) is 0.193. The van der Waals surface area contributed by atoms with Crippen LogP contribution in [0.1, 0.15) is 114 Å². The molecule has 0 radical (unpaired) electrons. The summed E-state index contributed by atoms with van der Waals surface area (Å²) in [6, 6.07) is 0. The summed E-state index contributed by atoms with van der Waals surface area (Å²) in [5.41, 5.74) is 0.600. The van der Waals surface area contributed by atoms with Crippen LogP contribution in [0.2, 0.25) is 0 Å². The molecular weight excluding hydrogens is 536 g/mol. The highest BCUT2D eigenvalue weighted by Crippen LogP contribution is 2.76. The monoisotopic (exact) mass is 586 g/mol. The molecule has 8 atom stereocenters. The van der Waals surface area contributed by atoms with Crippen LogP contribution in [0.25, 0.3) is 0 Å². The molecule has 5 aliphatic rings. The molecule has 0 bridgehead atoms. The van der Waals surface area contributed by atoms with Gasteiger partial charge in [-0.05, 0) is 109 Å². The van der Waals surface area contributed by atoms with Crippen LogP contribution in [0.4, 0.5) is 0 Å². The predicted molar refractivity (Wildman–Crippen MR) is 161 cm³/mol. The maximum atomic E-state index is 13.6. The van der Waals surface area contributed by atoms with Gasteiger partial charge in [-0.1, -0.05) is 48.5 Å². The van der Waals surface area contributed by atoms with Crippen molar-refractivity contribution in [2.24, 2.45) is 50.7 Å². The van der Waals surface area contributed by atoms with Crippen LogP contribution in [0.5, 0.6) is 0 Å². The minimum Gasteiger partial charge on any atom is -0.484 e. The summed E-state index contributed by atoms with van der Waals surface area (Å²) in [6.07, 6.45) is 7.86. The van der Waals surface area contributed by atoms with E-state index in [1.807, 2.05) is 20.8 Å². The lowest BCUT2D eigenvalue weighted by Gasteiger charge is -2.72. The van der Waals surface area contributed by atoms with Crippen LogP contribution in [-0.2, 0) is 28.6 Å². The Kier molecular flexibility index (Phi) is 7.40. The summed E-state index contributed by atoms with van der Waals surface area (Å²) in [7, 11) is 0. The topological polar surface area (TPSA) is 78.9 Å². The second kappa shape index (κ2) is 9.89. The Hall–Kier alpha value is -1.76. The molecular formula is C34H50O6S. The fourth-order valence-corrected chi connectivity index (χ4v) is 11.3. The lowest BCUT2D eigenvalue weighted by Crippen LogP contribution is -2.67. The highest BCUT2D eigenvalue weighted by Gasteiger charge is 2.71. The minimum absolute atomic E-state index is 0.0186. The van der Waals surface area contributed by atoms with E-state index in [-0.39, 0.29) is 46.2 Å². The predicted octanol–water partition coefficient (Wildman–Crippen LogP) is 7.37. The van der Waals surface area contributed by atoms with E-state index < -0.39 is 23.3 Å². The van der Waals surface area contributed by atoms with Crippen molar-refractivity contribution in [1.29, 1.82) is 0 Å². The van der Waals surface area contributed by atoms with Crippen molar-refractivity contribution in [2.75, 3.05) is 6.61 Å². The van der Waals surface area contributed by atoms with Gasteiger partial charge in [-0.2, -0.15) is 0 Å². The molecule has 1 aliphatic heterocycles. The van der Waals surface area contributed by atoms with Crippen molar-refractivity contribution in [3.05, 3.63) is 11.1 Å². The van der Waals surface area contributed by atoms with E-state index in [0.717, 1.165) is 50.5 Å². The summed E-state index contributed by atoms with van der Waals surface area (Å²) in [5, 5.41) is 0.634. The van der Waals surface area contributed by atoms with Gasteiger partial charge in [-0.25, -0.2) is 4.79 Å². The number of thiocarbonyl (C=S) groups is 1. The van der Waals surface area contributed by atoms with Crippen LogP contribution < -0.4 is 0 Å². The molecule has 0 spiro atoms. The molecule has 7 heteroatoms. The number of esters is 3. The van der Waals surface area contributed by atoms with Crippen molar-refractivity contribution < 1.29 is 28.6 Å². The molecule has 0 aromatic rings. The third-order valence-corrected chi connectivity index (χ3v) is 13.3. The van der Waals surface area contributed by atoms with Gasteiger partial charge in [0.25, 0.3) is 0 Å². The van der Waals surface area contributed by atoms with E-state index in [0.29, 0.717) is 28.9 Å². The van der Waals surface area contributed by atoms with Crippen molar-refractivity contribution in [3.63, 3.8) is 0 Å². The first-order valence-electron chi connectivity index (χ1n) is 15.8. The van der Waals surface area contributed by atoms with Crippen LogP contribution in [0, 0.1) is 50.7 Å². The number of cyclic esters (lactones) is 2. The number of fused-ring (bicyclic) bond motifs is 7. The molecule has 4 aliphatic carbocycles. The van der Waals surface area contributed by atoms with Gasteiger partial charge in [0.05, 0.1) is 0 Å². The Morgan fingerprint density at radius 2 is 1.61 bits per heavy atom. The number of ether oxygens (including phenoxy) is 3. The number of hydrogen-bond donors (Lipinski definition) is 0. The van der Waals surface area contributed by atoms with Gasteiger partial charge in [0.2, 0.25) is 0 Å². The van der Waals surface area contributed by atoms with Gasteiger partial charge in [0, 0.05) is 24.8 Å². The van der Waals surface area contributed by atoms with Gasteiger partial charge < -0.3 is 14.2 Å². The fourth-order valence-electron chi connectivity index (χ4n) is 11.2. The van der Waals surface area contributed by atoms with Crippen LogP contribution in [-0.4, -0.2) is 35.7 Å². The molecule has 41 heavy (non-hydrogen) atoms. The van der Waals surface area contributed by atoms with Crippen LogP contribution in [0.15, 0.2) is 11.1 Å². The molecule has 4 saturated carbocycles. The lowest BCUT2D eigenvalue weighted by atomic mass is 9.32. The highest BCUT2D eigenvalue weighted by atomic mass is 32.1. The zero-order valence-corrected chi connectivity index (χ0v) is 27.4. The molecule has 4 fully saturated rings. The number of carbonyl (C=O) groups excluding carboxylic acids is 3. The average molecular weight is 587 g/mol. The Morgan fingerprint density at radius 3 is 2.22 bits per heavy atom. The van der Waals surface area contributed by atoms with Gasteiger partial charge in [-0.3, -0.25) is 9.59 Å². The van der Waals surface area contributed by atoms with E-state index in [1.165, 1.54) is 6.92 Å². The average Bonchev–Trinajstić information content (AvgIpc) is 2.85. The van der Waals surface area contributed by atoms with Crippen LogP contribution in [0.3, 0.4) is 0 Å². The number of carbonyl (C=O) groups is 3. The van der Waals surface area contributed by atoms with E-state index in [9.17, 15) is 14.4 Å². The molecule has 0 amide bonds. The molecule has 0 N–H and O–H groups in total. The number of rotatable bonds is 4. The Bertz CT molecular complexity index is 1200. The smallest absolute Gasteiger partial charge is 0.341 e. The van der Waals surface area contributed by atoms with Crippen molar-refractivity contribution in [2.45, 2.75) is 120 Å². The summed E-state index contributed by atoms with van der Waals surface area (Å²) in [6.45, 7) is 19.5. The number of hydrogen-bond acceptors (Lipinski definition) is 7. The lowest BCUT2D eigenvalue weighted by molar-refractivity contribution is -0.230. The minimum atomic E-state index is -1.08. The summed E-state index contributed by atoms with van der Waals surface area (Å²) < 4.78 is 17.2. The van der Waals surface area contributed by atoms with Gasteiger partial charge in [-0.15, -0.1) is 0 Å². The maximum absolute atomic E-state index is 13.6. The van der Waals surface area contributed by atoms with Crippen LogP contribution >= 0.6 is 12.2 Å². The standard InChI is InChI=1S/C34H50O6S/c1-19(2)26-27-22-10-11-24-31(7)14-13-25(39-21(4)41)30(5,6)23(31)12-15-33(24,9)32(22,8)16-17-34(27,18-38-20(3)35)29(37)40-28(26)36/h19,22-25H,10-18H2,1-9H3/t22-,23+,24-,25+,31+,32-,33-,34+/m1/s1. The molecule has 6 nitrogen and oxygen atoms in total. The third-order valence-electron chi connectivity index (χ3n) is 13.2. The first-order chi connectivity index (χ1) is 19.0. The normalized spacial score (nSPS) is 43.3. The van der Waals surface area contributed by atoms with Gasteiger partial charge in [0.15, 0.2) is 5.05 Å². The van der Waals surface area contributed by atoms with E-state index in [2.05, 4.69) is 34.6 Å². The molecule has 0 aromatic carbocycles. The first kappa shape index (κ1) is 30.7. The molecule has 0 saturated heterocycles. The van der Waals surface area contributed by atoms with E-state index >= 15 is 0 Å². The fraction of sp³-hybridized carbons (Fsp3) is 0.824. The molecule has 0 unspecified atom stereocenters. The molecule has 228 valence electrons. The zero-order chi connectivity index (χ0) is 30.3. The van der Waals surface area contributed by atoms with Crippen molar-refractivity contribution in [1.82, 2.24) is 0 Å². The Labute approximate surface area is 251 Å². The first-order valence-corrected chi connectivity index (χ1v) is 16.2. The molecule has 0 aromatic heterocycles. The summed E-state index contributed by atoms with van der Waals surface area (Å²) >= 11 is 5.36. The van der Waals surface area contributed by atoms with Crippen molar-refractivity contribution >= 4 is 35.2 Å². The van der Waals surface area contributed by atoms with Gasteiger partial charge >= 0.3 is 17.9 Å². The Morgan fingerprint density at radius 1 is 0.927 bits per heavy atom.